The molecule has 74 valence electrons. The van der Waals surface area contributed by atoms with Gasteiger partial charge >= 0.3 is 0 Å². The van der Waals surface area contributed by atoms with Crippen LogP contribution in [0, 0.1) is 5.92 Å². The van der Waals surface area contributed by atoms with Gasteiger partial charge in [-0.2, -0.15) is 0 Å². The molecule has 3 rings (SSSR count). The Morgan fingerprint density at radius 2 is 2.29 bits per heavy atom. The largest absolute Gasteiger partial charge is 0.372 e. The maximum atomic E-state index is 3.32. The third-order valence-corrected chi connectivity index (χ3v) is 3.88. The van der Waals surface area contributed by atoms with Crippen LogP contribution >= 0.6 is 11.3 Å². The van der Waals surface area contributed by atoms with E-state index in [0.717, 1.165) is 12.6 Å². The molecule has 1 fully saturated rings. The molecule has 0 unspecified atom stereocenters. The minimum atomic E-state index is 0.866. The van der Waals surface area contributed by atoms with Gasteiger partial charge in [0.25, 0.3) is 0 Å². The fourth-order valence-corrected chi connectivity index (χ4v) is 2.86. The third-order valence-electron chi connectivity index (χ3n) is 2.74. The summed E-state index contributed by atoms with van der Waals surface area (Å²) >= 11 is 1.93. The molecule has 2 heterocycles. The molecule has 2 aliphatic rings. The van der Waals surface area contributed by atoms with E-state index in [0.29, 0.717) is 0 Å². The van der Waals surface area contributed by atoms with Gasteiger partial charge in [0.1, 0.15) is 0 Å². The Morgan fingerprint density at radius 1 is 1.36 bits per heavy atom. The monoisotopic (exact) mass is 206 g/mol. The summed E-state index contributed by atoms with van der Waals surface area (Å²) < 4.78 is 0. The average molecular weight is 206 g/mol. The SMILES string of the molecule is C1=C(c2ccc(CC3CC3)s2)NCN1. The highest BCUT2D eigenvalue weighted by atomic mass is 32.1. The molecule has 0 atom stereocenters. The Balaban J connectivity index is 1.75. The van der Waals surface area contributed by atoms with Crippen LogP contribution in [-0.2, 0) is 6.42 Å². The van der Waals surface area contributed by atoms with Gasteiger partial charge in [-0.3, -0.25) is 0 Å². The summed E-state index contributed by atoms with van der Waals surface area (Å²) in [5.41, 5.74) is 1.25. The lowest BCUT2D eigenvalue weighted by molar-refractivity contribution is 0.843. The molecule has 14 heavy (non-hydrogen) atoms. The van der Waals surface area contributed by atoms with Gasteiger partial charge in [0.2, 0.25) is 0 Å². The van der Waals surface area contributed by atoms with Gasteiger partial charge in [-0.1, -0.05) is 0 Å². The van der Waals surface area contributed by atoms with E-state index in [-0.39, 0.29) is 0 Å². The summed E-state index contributed by atoms with van der Waals surface area (Å²) in [4.78, 5) is 2.91. The molecule has 3 heteroatoms. The zero-order chi connectivity index (χ0) is 9.38. The number of hydrogen-bond acceptors (Lipinski definition) is 3. The van der Waals surface area contributed by atoms with Gasteiger partial charge in [-0.15, -0.1) is 11.3 Å². The zero-order valence-corrected chi connectivity index (χ0v) is 8.86. The van der Waals surface area contributed by atoms with E-state index in [1.165, 1.54) is 34.7 Å². The van der Waals surface area contributed by atoms with Crippen molar-refractivity contribution in [3.05, 3.63) is 28.1 Å². The minimum absolute atomic E-state index is 0.866. The first-order chi connectivity index (χ1) is 6.92. The quantitative estimate of drug-likeness (QED) is 0.792. The van der Waals surface area contributed by atoms with Crippen molar-refractivity contribution in [3.8, 4) is 0 Å². The van der Waals surface area contributed by atoms with Crippen LogP contribution in [0.5, 0.6) is 0 Å². The predicted octanol–water partition coefficient (Wildman–Crippen LogP) is 2.15. The Hall–Kier alpha value is -0.960. The summed E-state index contributed by atoms with van der Waals surface area (Å²) in [6, 6.07) is 4.51. The van der Waals surface area contributed by atoms with Crippen molar-refractivity contribution in [1.29, 1.82) is 0 Å². The smallest absolute Gasteiger partial charge is 0.0846 e. The van der Waals surface area contributed by atoms with Crippen LogP contribution in [0.4, 0.5) is 0 Å². The standard InChI is InChI=1S/C11H14N2S/c1-2-8(1)5-9-3-4-11(14-9)10-6-12-7-13-10/h3-4,6,8,12-13H,1-2,5,7H2. The Labute approximate surface area is 88.0 Å². The first kappa shape index (κ1) is 8.36. The molecule has 1 saturated carbocycles. The number of hydrogen-bond donors (Lipinski definition) is 2. The highest BCUT2D eigenvalue weighted by molar-refractivity contribution is 7.13. The highest BCUT2D eigenvalue weighted by Crippen LogP contribution is 2.35. The molecule has 0 spiro atoms. The molecule has 1 aromatic heterocycles. The van der Waals surface area contributed by atoms with E-state index in [2.05, 4.69) is 29.0 Å². The predicted molar refractivity (Wildman–Crippen MR) is 59.9 cm³/mol. The van der Waals surface area contributed by atoms with Gasteiger partial charge in [-0.25, -0.2) is 0 Å². The molecule has 0 saturated heterocycles. The summed E-state index contributed by atoms with van der Waals surface area (Å²) in [6.07, 6.45) is 6.24. The molecular weight excluding hydrogens is 192 g/mol. The van der Waals surface area contributed by atoms with Crippen LogP contribution < -0.4 is 10.6 Å². The van der Waals surface area contributed by atoms with E-state index in [1.54, 1.807) is 0 Å². The van der Waals surface area contributed by atoms with Crippen LogP contribution in [-0.4, -0.2) is 6.67 Å². The average Bonchev–Trinajstić information content (AvgIpc) is 2.71. The van der Waals surface area contributed by atoms with Crippen molar-refractivity contribution in [2.45, 2.75) is 19.3 Å². The molecular formula is C11H14N2S. The van der Waals surface area contributed by atoms with Crippen LogP contribution in [0.15, 0.2) is 18.3 Å². The van der Waals surface area contributed by atoms with Crippen molar-refractivity contribution in [1.82, 2.24) is 10.6 Å². The topological polar surface area (TPSA) is 24.1 Å². The summed E-state index contributed by atoms with van der Waals surface area (Å²) in [5, 5.41) is 6.48. The third kappa shape index (κ3) is 1.64. The second-order valence-electron chi connectivity index (χ2n) is 4.03. The van der Waals surface area contributed by atoms with E-state index in [9.17, 15) is 0 Å². The highest BCUT2D eigenvalue weighted by Gasteiger charge is 2.22. The van der Waals surface area contributed by atoms with E-state index in [4.69, 9.17) is 0 Å². The van der Waals surface area contributed by atoms with Gasteiger partial charge < -0.3 is 10.6 Å². The van der Waals surface area contributed by atoms with Crippen LogP contribution in [0.1, 0.15) is 22.6 Å². The summed E-state index contributed by atoms with van der Waals surface area (Å²) in [7, 11) is 0. The fraction of sp³-hybridized carbons (Fsp3) is 0.455. The molecule has 2 N–H and O–H groups in total. The molecule has 1 aliphatic carbocycles. The van der Waals surface area contributed by atoms with Crippen molar-refractivity contribution in [2.75, 3.05) is 6.67 Å². The molecule has 0 amide bonds. The second-order valence-corrected chi connectivity index (χ2v) is 5.20. The van der Waals surface area contributed by atoms with Crippen LogP contribution in [0.2, 0.25) is 0 Å². The maximum Gasteiger partial charge on any atom is 0.0846 e. The first-order valence-corrected chi connectivity index (χ1v) is 6.00. The minimum Gasteiger partial charge on any atom is -0.372 e. The molecule has 1 aliphatic heterocycles. The molecule has 0 radical (unpaired) electrons. The molecule has 1 aromatic rings. The van der Waals surface area contributed by atoms with Crippen LogP contribution in [0.3, 0.4) is 0 Å². The Morgan fingerprint density at radius 3 is 3.00 bits per heavy atom. The van der Waals surface area contributed by atoms with Gasteiger partial charge in [-0.05, 0) is 37.3 Å². The van der Waals surface area contributed by atoms with Crippen molar-refractivity contribution >= 4 is 17.0 Å². The molecule has 0 aromatic carbocycles. The molecule has 2 nitrogen and oxygen atoms in total. The van der Waals surface area contributed by atoms with E-state index >= 15 is 0 Å². The van der Waals surface area contributed by atoms with Gasteiger partial charge in [0.15, 0.2) is 0 Å². The van der Waals surface area contributed by atoms with Gasteiger partial charge in [0, 0.05) is 11.1 Å². The first-order valence-electron chi connectivity index (χ1n) is 5.18. The summed E-state index contributed by atoms with van der Waals surface area (Å²) in [6.45, 7) is 0.866. The molecule has 0 bridgehead atoms. The number of nitrogens with one attached hydrogen (secondary N) is 2. The second kappa shape index (κ2) is 3.31. The lowest BCUT2D eigenvalue weighted by Crippen LogP contribution is -2.13. The van der Waals surface area contributed by atoms with Crippen molar-refractivity contribution in [2.24, 2.45) is 5.92 Å². The van der Waals surface area contributed by atoms with Crippen molar-refractivity contribution in [3.63, 3.8) is 0 Å². The van der Waals surface area contributed by atoms with E-state index < -0.39 is 0 Å². The summed E-state index contributed by atoms with van der Waals surface area (Å²) in [5.74, 6) is 0.991. The number of rotatable bonds is 3. The van der Waals surface area contributed by atoms with E-state index in [1.807, 2.05) is 11.3 Å². The Kier molecular flexibility index (Phi) is 1.98. The lowest BCUT2D eigenvalue weighted by atomic mass is 10.2. The normalized spacial score (nSPS) is 20.1. The van der Waals surface area contributed by atoms with Crippen molar-refractivity contribution < 1.29 is 0 Å². The van der Waals surface area contributed by atoms with Gasteiger partial charge in [0.05, 0.1) is 17.2 Å². The fourth-order valence-electron chi connectivity index (χ4n) is 1.75. The number of thiophene rings is 1. The zero-order valence-electron chi connectivity index (χ0n) is 8.05. The Bertz CT molecular complexity index is 363. The lowest BCUT2D eigenvalue weighted by Gasteiger charge is -1.97. The van der Waals surface area contributed by atoms with Crippen LogP contribution in [0.25, 0.3) is 5.70 Å². The maximum absolute atomic E-state index is 3.32.